The van der Waals surface area contributed by atoms with Crippen LogP contribution in [0.3, 0.4) is 0 Å². The molecule has 0 aromatic heterocycles. The highest BCUT2D eigenvalue weighted by Gasteiger charge is 2.29. The second kappa shape index (κ2) is 3.81. The van der Waals surface area contributed by atoms with Crippen LogP contribution in [0, 0.1) is 5.82 Å². The van der Waals surface area contributed by atoms with Gasteiger partial charge >= 0.3 is 0 Å². The molecule has 82 valence electrons. The topological polar surface area (TPSA) is 23.5 Å². The van der Waals surface area contributed by atoms with Crippen LogP contribution in [-0.2, 0) is 0 Å². The number of hydrogen-bond acceptors (Lipinski definition) is 2. The molecule has 0 spiro atoms. The summed E-state index contributed by atoms with van der Waals surface area (Å²) in [5.74, 6) is -0.247. The Labute approximate surface area is 89.3 Å². The monoisotopic (exact) mass is 209 g/mol. The number of para-hydroxylation sites is 1. The molecule has 1 aliphatic rings. The molecule has 1 saturated carbocycles. The first-order chi connectivity index (χ1) is 7.11. The minimum atomic E-state index is -0.628. The van der Waals surface area contributed by atoms with Crippen molar-refractivity contribution in [3.05, 3.63) is 29.6 Å². The van der Waals surface area contributed by atoms with E-state index in [0.717, 1.165) is 12.8 Å². The lowest BCUT2D eigenvalue weighted by Gasteiger charge is -2.23. The fraction of sp³-hybridized carbons (Fsp3) is 0.500. The van der Waals surface area contributed by atoms with Crippen molar-refractivity contribution in [2.75, 3.05) is 11.9 Å². The summed E-state index contributed by atoms with van der Waals surface area (Å²) in [7, 11) is 1.89. The van der Waals surface area contributed by atoms with E-state index in [-0.39, 0.29) is 5.82 Å². The van der Waals surface area contributed by atoms with Crippen molar-refractivity contribution in [1.29, 1.82) is 0 Å². The van der Waals surface area contributed by atoms with E-state index in [1.54, 1.807) is 19.1 Å². The maximum absolute atomic E-state index is 13.7. The molecule has 1 aromatic rings. The summed E-state index contributed by atoms with van der Waals surface area (Å²) in [5, 5.41) is 9.59. The van der Waals surface area contributed by atoms with E-state index in [1.165, 1.54) is 6.07 Å². The Balaban J connectivity index is 2.41. The molecule has 1 aromatic carbocycles. The standard InChI is InChI=1S/C12H16FNO/c1-8(15)10-4-3-5-11(13)12(10)14(2)9-6-7-9/h3-5,8-9,15H,6-7H2,1-2H3/t8-/m1/s1. The highest BCUT2D eigenvalue weighted by atomic mass is 19.1. The van der Waals surface area contributed by atoms with Crippen molar-refractivity contribution in [1.82, 2.24) is 0 Å². The van der Waals surface area contributed by atoms with Crippen LogP contribution >= 0.6 is 0 Å². The van der Waals surface area contributed by atoms with Crippen molar-refractivity contribution < 1.29 is 9.50 Å². The van der Waals surface area contributed by atoms with Gasteiger partial charge in [-0.1, -0.05) is 12.1 Å². The zero-order chi connectivity index (χ0) is 11.0. The van der Waals surface area contributed by atoms with Crippen molar-refractivity contribution in [3.63, 3.8) is 0 Å². The third-order valence-electron chi connectivity index (χ3n) is 2.92. The molecule has 1 fully saturated rings. The van der Waals surface area contributed by atoms with Gasteiger partial charge in [-0.3, -0.25) is 0 Å². The van der Waals surface area contributed by atoms with Gasteiger partial charge in [-0.2, -0.15) is 0 Å². The van der Waals surface area contributed by atoms with Crippen molar-refractivity contribution in [2.45, 2.75) is 31.9 Å². The lowest BCUT2D eigenvalue weighted by molar-refractivity contribution is 0.199. The van der Waals surface area contributed by atoms with Gasteiger partial charge in [0.2, 0.25) is 0 Å². The average molecular weight is 209 g/mol. The van der Waals surface area contributed by atoms with E-state index in [1.807, 2.05) is 11.9 Å². The minimum Gasteiger partial charge on any atom is -0.389 e. The van der Waals surface area contributed by atoms with E-state index in [2.05, 4.69) is 0 Å². The number of hydrogen-bond donors (Lipinski definition) is 1. The molecule has 0 bridgehead atoms. The van der Waals surface area contributed by atoms with Gasteiger partial charge in [0.25, 0.3) is 0 Å². The number of anilines is 1. The maximum Gasteiger partial charge on any atom is 0.146 e. The number of rotatable bonds is 3. The van der Waals surface area contributed by atoms with Crippen LogP contribution in [0.4, 0.5) is 10.1 Å². The molecule has 1 atom stereocenters. The largest absolute Gasteiger partial charge is 0.389 e. The van der Waals surface area contributed by atoms with Crippen molar-refractivity contribution >= 4 is 5.69 Å². The molecule has 0 amide bonds. The Morgan fingerprint density at radius 2 is 2.13 bits per heavy atom. The molecule has 0 saturated heterocycles. The molecule has 15 heavy (non-hydrogen) atoms. The summed E-state index contributed by atoms with van der Waals surface area (Å²) in [6.45, 7) is 1.67. The molecule has 1 N–H and O–H groups in total. The molecule has 0 aliphatic heterocycles. The second-order valence-electron chi connectivity index (χ2n) is 4.20. The summed E-state index contributed by atoms with van der Waals surface area (Å²) < 4.78 is 13.7. The molecular formula is C12H16FNO. The van der Waals surface area contributed by atoms with E-state index in [0.29, 0.717) is 17.3 Å². The Kier molecular flexibility index (Phi) is 2.65. The fourth-order valence-corrected chi connectivity index (χ4v) is 1.89. The Hall–Kier alpha value is -1.09. The van der Waals surface area contributed by atoms with Gasteiger partial charge in [-0.05, 0) is 25.8 Å². The summed E-state index contributed by atoms with van der Waals surface area (Å²) in [6, 6.07) is 5.31. The van der Waals surface area contributed by atoms with Gasteiger partial charge in [-0.15, -0.1) is 0 Å². The quantitative estimate of drug-likeness (QED) is 0.826. The lowest BCUT2D eigenvalue weighted by atomic mass is 10.1. The first-order valence-corrected chi connectivity index (χ1v) is 5.30. The van der Waals surface area contributed by atoms with Crippen LogP contribution < -0.4 is 4.90 Å². The van der Waals surface area contributed by atoms with Crippen LogP contribution in [0.2, 0.25) is 0 Å². The minimum absolute atomic E-state index is 0.247. The number of nitrogens with zero attached hydrogens (tertiary/aromatic N) is 1. The van der Waals surface area contributed by atoms with Gasteiger partial charge in [-0.25, -0.2) is 4.39 Å². The van der Waals surface area contributed by atoms with E-state index < -0.39 is 6.10 Å². The molecule has 2 rings (SSSR count). The maximum atomic E-state index is 13.7. The van der Waals surface area contributed by atoms with Crippen LogP contribution in [0.15, 0.2) is 18.2 Å². The zero-order valence-electron chi connectivity index (χ0n) is 9.07. The Bertz CT molecular complexity index is 361. The highest BCUT2D eigenvalue weighted by Crippen LogP contribution is 2.35. The SMILES string of the molecule is C[C@@H](O)c1cccc(F)c1N(C)C1CC1. The van der Waals surface area contributed by atoms with E-state index in [4.69, 9.17) is 0 Å². The van der Waals surface area contributed by atoms with Gasteiger partial charge < -0.3 is 10.0 Å². The van der Waals surface area contributed by atoms with Gasteiger partial charge in [0.15, 0.2) is 0 Å². The second-order valence-corrected chi connectivity index (χ2v) is 4.20. The molecular weight excluding hydrogens is 193 g/mol. The van der Waals surface area contributed by atoms with Gasteiger partial charge in [0, 0.05) is 18.7 Å². The summed E-state index contributed by atoms with van der Waals surface area (Å²) >= 11 is 0. The molecule has 2 nitrogen and oxygen atoms in total. The molecule has 0 radical (unpaired) electrons. The Morgan fingerprint density at radius 1 is 1.47 bits per heavy atom. The molecule has 3 heteroatoms. The van der Waals surface area contributed by atoms with Crippen LogP contribution in [0.25, 0.3) is 0 Å². The third kappa shape index (κ3) is 1.97. The fourth-order valence-electron chi connectivity index (χ4n) is 1.89. The smallest absolute Gasteiger partial charge is 0.146 e. The number of benzene rings is 1. The van der Waals surface area contributed by atoms with Gasteiger partial charge in [0.05, 0.1) is 11.8 Å². The van der Waals surface area contributed by atoms with Crippen molar-refractivity contribution in [2.24, 2.45) is 0 Å². The average Bonchev–Trinajstić information content (AvgIpc) is 2.99. The van der Waals surface area contributed by atoms with E-state index >= 15 is 0 Å². The van der Waals surface area contributed by atoms with E-state index in [9.17, 15) is 9.50 Å². The molecule has 0 heterocycles. The summed E-state index contributed by atoms with van der Waals surface area (Å²) in [4.78, 5) is 1.94. The Morgan fingerprint density at radius 3 is 2.67 bits per heavy atom. The summed E-state index contributed by atoms with van der Waals surface area (Å²) in [6.07, 6.45) is 1.60. The van der Waals surface area contributed by atoms with Crippen LogP contribution in [-0.4, -0.2) is 18.2 Å². The first kappa shape index (κ1) is 10.4. The third-order valence-corrected chi connectivity index (χ3v) is 2.92. The van der Waals surface area contributed by atoms with Gasteiger partial charge in [0.1, 0.15) is 5.82 Å². The zero-order valence-corrected chi connectivity index (χ0v) is 9.07. The normalized spacial score (nSPS) is 17.6. The predicted octanol–water partition coefficient (Wildman–Crippen LogP) is 2.48. The number of aliphatic hydroxyl groups excluding tert-OH is 1. The molecule has 1 aliphatic carbocycles. The lowest BCUT2D eigenvalue weighted by Crippen LogP contribution is -2.22. The number of halogens is 1. The molecule has 0 unspecified atom stereocenters. The highest BCUT2D eigenvalue weighted by molar-refractivity contribution is 5.56. The van der Waals surface area contributed by atoms with Crippen LogP contribution in [0.5, 0.6) is 0 Å². The summed E-state index contributed by atoms with van der Waals surface area (Å²) in [5.41, 5.74) is 1.22. The first-order valence-electron chi connectivity index (χ1n) is 5.30. The van der Waals surface area contributed by atoms with Crippen LogP contribution in [0.1, 0.15) is 31.4 Å². The number of aliphatic hydroxyl groups is 1. The van der Waals surface area contributed by atoms with Crippen molar-refractivity contribution in [3.8, 4) is 0 Å². The predicted molar refractivity (Wildman–Crippen MR) is 58.5 cm³/mol.